The highest BCUT2D eigenvalue weighted by Gasteiger charge is 2.25. The Kier molecular flexibility index (Phi) is 7.50. The molecule has 0 radical (unpaired) electrons. The molecule has 164 valence electrons. The van der Waals surface area contributed by atoms with E-state index < -0.39 is 0 Å². The zero-order valence-electron chi connectivity index (χ0n) is 18.8. The summed E-state index contributed by atoms with van der Waals surface area (Å²) in [4.78, 5) is 23.2. The fraction of sp³-hybridized carbons (Fsp3) is 0.565. The van der Waals surface area contributed by atoms with Crippen LogP contribution in [0.3, 0.4) is 0 Å². The number of nitrogens with one attached hydrogen (secondary N) is 1. The minimum absolute atomic E-state index is 0.0187. The number of benzene rings is 1. The summed E-state index contributed by atoms with van der Waals surface area (Å²) in [7, 11) is 1.68. The lowest BCUT2D eigenvalue weighted by atomic mass is 9.90. The number of ether oxygens (including phenoxy) is 1. The molecule has 3 rings (SSSR count). The van der Waals surface area contributed by atoms with Crippen molar-refractivity contribution in [3.63, 3.8) is 0 Å². The first kappa shape index (κ1) is 22.7. The molecule has 30 heavy (non-hydrogen) atoms. The summed E-state index contributed by atoms with van der Waals surface area (Å²) in [5, 5.41) is 3.74. The largest absolute Gasteiger partial charge is 0.497 e. The zero-order valence-corrected chi connectivity index (χ0v) is 19.6. The van der Waals surface area contributed by atoms with Gasteiger partial charge in [0.15, 0.2) is 5.13 Å². The van der Waals surface area contributed by atoms with Crippen molar-refractivity contribution in [2.75, 3.05) is 51.7 Å². The van der Waals surface area contributed by atoms with Crippen LogP contribution in [-0.4, -0.2) is 67.1 Å². The summed E-state index contributed by atoms with van der Waals surface area (Å²) in [5.74, 6) is 0.872. The average Bonchev–Trinajstić information content (AvgIpc) is 3.11. The average molecular weight is 431 g/mol. The van der Waals surface area contributed by atoms with Crippen LogP contribution in [0.2, 0.25) is 0 Å². The molecule has 1 N–H and O–H groups in total. The molecule has 6 nitrogen and oxygen atoms in total. The Hall–Kier alpha value is -1.96. The number of likely N-dealkylation sites (N-methyl/N-ethyl adjacent to an activating group) is 1. The van der Waals surface area contributed by atoms with Crippen molar-refractivity contribution >= 4 is 22.4 Å². The third-order valence-corrected chi connectivity index (χ3v) is 6.43. The van der Waals surface area contributed by atoms with Crippen molar-refractivity contribution < 1.29 is 9.53 Å². The van der Waals surface area contributed by atoms with Crippen molar-refractivity contribution in [3.8, 4) is 5.75 Å². The van der Waals surface area contributed by atoms with Crippen LogP contribution >= 0.6 is 11.3 Å². The molecule has 0 aliphatic carbocycles. The number of carbonyl (C=O) groups is 1. The van der Waals surface area contributed by atoms with Crippen molar-refractivity contribution in [1.82, 2.24) is 14.8 Å². The maximum absolute atomic E-state index is 12.6. The molecule has 1 aliphatic heterocycles. The number of carbonyl (C=O) groups excluding carboxylic acids is 1. The first-order chi connectivity index (χ1) is 14.3. The van der Waals surface area contributed by atoms with Gasteiger partial charge < -0.3 is 15.0 Å². The van der Waals surface area contributed by atoms with E-state index in [-0.39, 0.29) is 11.3 Å². The lowest BCUT2D eigenvalue weighted by Gasteiger charge is -2.33. The first-order valence-electron chi connectivity index (χ1n) is 10.7. The van der Waals surface area contributed by atoms with Crippen molar-refractivity contribution in [2.24, 2.45) is 0 Å². The number of hydrogen-bond acceptors (Lipinski definition) is 6. The number of rotatable bonds is 7. The second-order valence-corrected chi connectivity index (χ2v) is 9.91. The van der Waals surface area contributed by atoms with Crippen LogP contribution in [-0.2, 0) is 16.6 Å². The van der Waals surface area contributed by atoms with Crippen LogP contribution in [0.1, 0.15) is 43.8 Å². The van der Waals surface area contributed by atoms with Crippen molar-refractivity contribution in [3.05, 3.63) is 40.4 Å². The molecule has 1 aromatic carbocycles. The maximum atomic E-state index is 12.6. The van der Waals surface area contributed by atoms with Crippen molar-refractivity contribution in [1.29, 1.82) is 0 Å². The van der Waals surface area contributed by atoms with Crippen LogP contribution in [0.15, 0.2) is 24.3 Å². The van der Waals surface area contributed by atoms with Crippen LogP contribution in [0.4, 0.5) is 5.13 Å². The second kappa shape index (κ2) is 9.90. The molecule has 0 spiro atoms. The topological polar surface area (TPSA) is 57.7 Å². The number of thiazole rings is 1. The SMILES string of the molecule is CCN1CCN(CC(=O)Nc2nc(C(C)(C)C)c(Cc3ccc(OC)cc3)s2)CC1. The lowest BCUT2D eigenvalue weighted by Crippen LogP contribution is -2.48. The fourth-order valence-corrected chi connectivity index (χ4v) is 4.89. The van der Waals surface area contributed by atoms with Crippen LogP contribution in [0.25, 0.3) is 0 Å². The van der Waals surface area contributed by atoms with Gasteiger partial charge in [-0.15, -0.1) is 11.3 Å². The van der Waals surface area contributed by atoms with Gasteiger partial charge in [0.05, 0.1) is 19.3 Å². The molecule has 2 heterocycles. The Labute approximate surface area is 184 Å². The Morgan fingerprint density at radius 2 is 1.77 bits per heavy atom. The van der Waals surface area contributed by atoms with E-state index in [4.69, 9.17) is 9.72 Å². The smallest absolute Gasteiger partial charge is 0.240 e. The summed E-state index contributed by atoms with van der Waals surface area (Å²) in [5.41, 5.74) is 2.17. The Morgan fingerprint density at radius 1 is 1.13 bits per heavy atom. The number of methoxy groups -OCH3 is 1. The summed E-state index contributed by atoms with van der Waals surface area (Å²) in [6.45, 7) is 14.1. The zero-order chi connectivity index (χ0) is 21.7. The molecule has 1 aromatic heterocycles. The molecule has 7 heteroatoms. The molecule has 1 aliphatic rings. The fourth-order valence-electron chi connectivity index (χ4n) is 3.67. The first-order valence-corrected chi connectivity index (χ1v) is 11.5. The minimum atomic E-state index is -0.0856. The van der Waals surface area contributed by atoms with Gasteiger partial charge in [-0.25, -0.2) is 4.98 Å². The van der Waals surface area contributed by atoms with E-state index >= 15 is 0 Å². The molecule has 0 unspecified atom stereocenters. The number of piperazine rings is 1. The van der Waals surface area contributed by atoms with Crippen LogP contribution in [0.5, 0.6) is 5.75 Å². The van der Waals surface area contributed by atoms with Crippen LogP contribution in [0, 0.1) is 0 Å². The molecule has 2 aromatic rings. The van der Waals surface area contributed by atoms with E-state index in [1.54, 1.807) is 18.4 Å². The van der Waals surface area contributed by atoms with E-state index in [1.807, 2.05) is 12.1 Å². The van der Waals surface area contributed by atoms with Gasteiger partial charge in [-0.3, -0.25) is 9.69 Å². The van der Waals surface area contributed by atoms with E-state index in [1.165, 1.54) is 10.4 Å². The molecule has 0 bridgehead atoms. The second-order valence-electron chi connectivity index (χ2n) is 8.82. The highest BCUT2D eigenvalue weighted by atomic mass is 32.1. The van der Waals surface area contributed by atoms with Crippen molar-refractivity contribution in [2.45, 2.75) is 39.5 Å². The van der Waals surface area contributed by atoms with E-state index in [2.05, 4.69) is 54.9 Å². The summed E-state index contributed by atoms with van der Waals surface area (Å²) < 4.78 is 5.26. The Bertz CT molecular complexity index is 834. The molecular formula is C23H34N4O2S. The Morgan fingerprint density at radius 3 is 2.33 bits per heavy atom. The standard InChI is InChI=1S/C23H34N4O2S/c1-6-26-11-13-27(14-12-26)16-20(28)24-22-25-21(23(2,3)4)19(30-22)15-17-7-9-18(29-5)10-8-17/h7-10H,6,11-16H2,1-5H3,(H,24,25,28). The van der Waals surface area contributed by atoms with Gasteiger partial charge in [0.25, 0.3) is 0 Å². The molecular weight excluding hydrogens is 396 g/mol. The summed E-state index contributed by atoms with van der Waals surface area (Å²) in [6, 6.07) is 8.13. The molecule has 1 fully saturated rings. The predicted molar refractivity (Wildman–Crippen MR) is 124 cm³/mol. The summed E-state index contributed by atoms with van der Waals surface area (Å²) >= 11 is 1.58. The maximum Gasteiger partial charge on any atom is 0.240 e. The molecule has 0 saturated carbocycles. The third-order valence-electron chi connectivity index (χ3n) is 5.46. The van der Waals surface area contributed by atoms with E-state index in [0.717, 1.165) is 50.6 Å². The highest BCUT2D eigenvalue weighted by molar-refractivity contribution is 7.15. The number of aromatic nitrogens is 1. The number of anilines is 1. The number of nitrogens with zero attached hydrogens (tertiary/aromatic N) is 3. The number of hydrogen-bond donors (Lipinski definition) is 1. The quantitative estimate of drug-likeness (QED) is 0.727. The molecule has 1 amide bonds. The van der Waals surface area contributed by atoms with Gasteiger partial charge >= 0.3 is 0 Å². The third kappa shape index (κ3) is 6.03. The van der Waals surface area contributed by atoms with Gasteiger partial charge in [0.1, 0.15) is 5.75 Å². The number of amides is 1. The van der Waals surface area contributed by atoms with Gasteiger partial charge in [-0.05, 0) is 24.2 Å². The highest BCUT2D eigenvalue weighted by Crippen LogP contribution is 2.34. The van der Waals surface area contributed by atoms with Gasteiger partial charge in [0.2, 0.25) is 5.91 Å². The Balaban J connectivity index is 1.67. The van der Waals surface area contributed by atoms with Gasteiger partial charge in [0, 0.05) is 42.9 Å². The van der Waals surface area contributed by atoms with E-state index in [9.17, 15) is 4.79 Å². The molecule has 0 atom stereocenters. The van der Waals surface area contributed by atoms with Gasteiger partial charge in [-0.2, -0.15) is 0 Å². The molecule has 1 saturated heterocycles. The normalized spacial score (nSPS) is 15.9. The predicted octanol–water partition coefficient (Wildman–Crippen LogP) is 3.62. The minimum Gasteiger partial charge on any atom is -0.497 e. The lowest BCUT2D eigenvalue weighted by molar-refractivity contribution is -0.117. The van der Waals surface area contributed by atoms with E-state index in [0.29, 0.717) is 11.7 Å². The van der Waals surface area contributed by atoms with Gasteiger partial charge in [-0.1, -0.05) is 39.8 Å². The van der Waals surface area contributed by atoms with Crippen LogP contribution < -0.4 is 10.1 Å². The summed E-state index contributed by atoms with van der Waals surface area (Å²) in [6.07, 6.45) is 0.795. The monoisotopic (exact) mass is 430 g/mol.